The summed E-state index contributed by atoms with van der Waals surface area (Å²) in [4.78, 5) is 15.1. The number of anilines is 1. The summed E-state index contributed by atoms with van der Waals surface area (Å²) in [7, 11) is 0. The van der Waals surface area contributed by atoms with Gasteiger partial charge in [0.25, 0.3) is 0 Å². The first-order valence-electron chi connectivity index (χ1n) is 11.2. The molecule has 0 spiro atoms. The van der Waals surface area contributed by atoms with Gasteiger partial charge in [-0.3, -0.25) is 9.36 Å². The predicted molar refractivity (Wildman–Crippen MR) is 132 cm³/mol. The number of thioether (sulfide) groups is 1. The van der Waals surface area contributed by atoms with Crippen molar-refractivity contribution in [1.29, 1.82) is 5.26 Å². The van der Waals surface area contributed by atoms with E-state index in [-0.39, 0.29) is 17.8 Å². The Kier molecular flexibility index (Phi) is 6.83. The molecule has 3 aromatic rings. The molecule has 1 aliphatic carbocycles. The second-order valence-corrected chi connectivity index (χ2v) is 11.5. The van der Waals surface area contributed by atoms with E-state index in [0.29, 0.717) is 28.2 Å². The van der Waals surface area contributed by atoms with Gasteiger partial charge in [-0.15, -0.1) is 32.9 Å². The van der Waals surface area contributed by atoms with Crippen molar-refractivity contribution in [3.63, 3.8) is 0 Å². The maximum absolute atomic E-state index is 12.8. The summed E-state index contributed by atoms with van der Waals surface area (Å²) >= 11 is 4.55. The lowest BCUT2D eigenvalue weighted by atomic mass is 9.89. The minimum absolute atomic E-state index is 0.132. The van der Waals surface area contributed by atoms with E-state index in [1.807, 2.05) is 17.5 Å². The van der Waals surface area contributed by atoms with Crippen LogP contribution in [0.2, 0.25) is 0 Å². The topological polar surface area (TPSA) is 92.8 Å². The van der Waals surface area contributed by atoms with Crippen LogP contribution in [-0.2, 0) is 28.9 Å². The third-order valence-electron chi connectivity index (χ3n) is 6.08. The number of ether oxygens (including phenoxy) is 1. The van der Waals surface area contributed by atoms with Crippen molar-refractivity contribution in [2.45, 2.75) is 56.8 Å². The van der Waals surface area contributed by atoms with Crippen molar-refractivity contribution in [3.8, 4) is 16.8 Å². The Hall–Kier alpha value is -2.19. The highest BCUT2D eigenvalue weighted by molar-refractivity contribution is 7.99. The average Bonchev–Trinajstić information content (AvgIpc) is 3.59. The summed E-state index contributed by atoms with van der Waals surface area (Å²) in [5.74, 6) is 1.51. The highest BCUT2D eigenvalue weighted by Gasteiger charge is 2.26. The molecule has 1 fully saturated rings. The van der Waals surface area contributed by atoms with Crippen molar-refractivity contribution >= 4 is 45.3 Å². The molecule has 0 saturated carbocycles. The number of carbonyl (C=O) groups excluding carboxylic acids is 1. The van der Waals surface area contributed by atoms with Crippen LogP contribution < -0.4 is 5.32 Å². The van der Waals surface area contributed by atoms with Crippen LogP contribution in [0.15, 0.2) is 22.7 Å². The van der Waals surface area contributed by atoms with Crippen LogP contribution in [0.25, 0.3) is 10.7 Å². The Morgan fingerprint density at radius 3 is 3.09 bits per heavy atom. The molecule has 0 aromatic carbocycles. The van der Waals surface area contributed by atoms with Gasteiger partial charge in [0.2, 0.25) is 5.91 Å². The molecule has 0 radical (unpaired) electrons. The lowest BCUT2D eigenvalue weighted by molar-refractivity contribution is -0.113. The quantitative estimate of drug-likeness (QED) is 0.461. The van der Waals surface area contributed by atoms with Gasteiger partial charge in [-0.05, 0) is 55.0 Å². The number of fused-ring (bicyclic) bond motifs is 1. The zero-order chi connectivity index (χ0) is 22.8. The number of carbonyl (C=O) groups is 1. The van der Waals surface area contributed by atoms with Crippen molar-refractivity contribution in [3.05, 3.63) is 33.5 Å². The Labute approximate surface area is 205 Å². The molecule has 172 valence electrons. The highest BCUT2D eigenvalue weighted by atomic mass is 32.2. The number of rotatable bonds is 7. The fourth-order valence-corrected chi connectivity index (χ4v) is 7.23. The maximum Gasteiger partial charge on any atom is 0.235 e. The largest absolute Gasteiger partial charge is 0.376 e. The SMILES string of the molecule is C[C@H]1CCc2c(sc(NC(=O)CSc3nnc(-c4cccs4)n3C[C@H]3CCCO3)c2C#N)C1. The van der Waals surface area contributed by atoms with Gasteiger partial charge in [-0.25, -0.2) is 0 Å². The van der Waals surface area contributed by atoms with Crippen LogP contribution in [-0.4, -0.2) is 39.1 Å². The van der Waals surface area contributed by atoms with E-state index in [0.717, 1.165) is 55.0 Å². The van der Waals surface area contributed by atoms with Crippen LogP contribution >= 0.6 is 34.4 Å². The maximum atomic E-state index is 12.8. The molecular weight excluding hydrogens is 474 g/mol. The smallest absolute Gasteiger partial charge is 0.235 e. The standard InChI is InChI=1S/C23H25N5O2S3/c1-14-6-7-16-17(11-24)22(33-19(16)10-14)25-20(29)13-32-23-27-26-21(18-5-3-9-31-18)28(23)12-15-4-2-8-30-15/h3,5,9,14-15H,2,4,6-8,10,12-13H2,1H3,(H,25,29)/t14-,15+/m0/s1. The third-order valence-corrected chi connectivity index (χ3v) is 9.08. The van der Waals surface area contributed by atoms with E-state index in [1.54, 1.807) is 22.7 Å². The van der Waals surface area contributed by atoms with Crippen molar-refractivity contribution in [2.75, 3.05) is 17.7 Å². The normalized spacial score (nSPS) is 19.9. The van der Waals surface area contributed by atoms with Crippen LogP contribution in [0.3, 0.4) is 0 Å². The lowest BCUT2D eigenvalue weighted by Crippen LogP contribution is -2.18. The second kappa shape index (κ2) is 9.97. The van der Waals surface area contributed by atoms with Gasteiger partial charge < -0.3 is 10.1 Å². The molecule has 7 nitrogen and oxygen atoms in total. The summed E-state index contributed by atoms with van der Waals surface area (Å²) in [5.41, 5.74) is 1.77. The summed E-state index contributed by atoms with van der Waals surface area (Å²) in [6.45, 7) is 3.70. The van der Waals surface area contributed by atoms with Gasteiger partial charge in [-0.2, -0.15) is 5.26 Å². The first-order valence-corrected chi connectivity index (χ1v) is 13.9. The van der Waals surface area contributed by atoms with E-state index >= 15 is 0 Å². The van der Waals surface area contributed by atoms with Crippen molar-refractivity contribution in [1.82, 2.24) is 14.8 Å². The highest BCUT2D eigenvalue weighted by Crippen LogP contribution is 2.39. The first kappa shape index (κ1) is 22.6. The number of thiophene rings is 2. The van der Waals surface area contributed by atoms with Gasteiger partial charge in [0.05, 0.1) is 28.8 Å². The minimum Gasteiger partial charge on any atom is -0.376 e. The molecule has 0 bridgehead atoms. The minimum atomic E-state index is -0.132. The van der Waals surface area contributed by atoms with Gasteiger partial charge in [0, 0.05) is 11.5 Å². The number of hydrogen-bond donors (Lipinski definition) is 1. The number of hydrogen-bond acceptors (Lipinski definition) is 8. The van der Waals surface area contributed by atoms with E-state index in [2.05, 4.69) is 33.1 Å². The summed E-state index contributed by atoms with van der Waals surface area (Å²) in [5, 5.41) is 24.9. The molecular formula is C23H25N5O2S3. The Balaban J connectivity index is 1.30. The molecule has 4 heterocycles. The van der Waals surface area contributed by atoms with Gasteiger partial charge in [-0.1, -0.05) is 24.8 Å². The van der Waals surface area contributed by atoms with Crippen LogP contribution in [0.5, 0.6) is 0 Å². The fraction of sp³-hybridized carbons (Fsp3) is 0.478. The number of nitrogens with zero attached hydrogens (tertiary/aromatic N) is 4. The monoisotopic (exact) mass is 499 g/mol. The summed E-state index contributed by atoms with van der Waals surface area (Å²) < 4.78 is 7.92. The molecule has 1 aliphatic heterocycles. The zero-order valence-electron chi connectivity index (χ0n) is 18.4. The van der Waals surface area contributed by atoms with Gasteiger partial charge >= 0.3 is 0 Å². The molecule has 3 aromatic heterocycles. The number of nitriles is 1. The molecule has 5 rings (SSSR count). The fourth-order valence-electron chi connectivity index (χ4n) is 4.39. The molecule has 2 atom stereocenters. The van der Waals surface area contributed by atoms with Crippen LogP contribution in [0, 0.1) is 17.2 Å². The summed E-state index contributed by atoms with van der Waals surface area (Å²) in [6, 6.07) is 6.35. The summed E-state index contributed by atoms with van der Waals surface area (Å²) in [6.07, 6.45) is 5.22. The van der Waals surface area contributed by atoms with Gasteiger partial charge in [0.15, 0.2) is 11.0 Å². The predicted octanol–water partition coefficient (Wildman–Crippen LogP) is 4.97. The lowest BCUT2D eigenvalue weighted by Gasteiger charge is -2.17. The molecule has 1 N–H and O–H groups in total. The molecule has 10 heteroatoms. The number of amides is 1. The molecule has 1 saturated heterocycles. The third kappa shape index (κ3) is 4.87. The van der Waals surface area contributed by atoms with Crippen LogP contribution in [0.4, 0.5) is 5.00 Å². The Bertz CT molecular complexity index is 1170. The zero-order valence-corrected chi connectivity index (χ0v) is 20.8. The molecule has 2 aliphatic rings. The number of aromatic nitrogens is 3. The first-order chi connectivity index (χ1) is 16.1. The van der Waals surface area contributed by atoms with E-state index in [9.17, 15) is 10.1 Å². The number of nitrogens with one attached hydrogen (secondary N) is 1. The average molecular weight is 500 g/mol. The van der Waals surface area contributed by atoms with Crippen LogP contribution in [0.1, 0.15) is 42.2 Å². The molecule has 33 heavy (non-hydrogen) atoms. The van der Waals surface area contributed by atoms with Crippen molar-refractivity contribution < 1.29 is 9.53 Å². The molecule has 1 amide bonds. The molecule has 0 unspecified atom stereocenters. The van der Waals surface area contributed by atoms with Gasteiger partial charge in [0.1, 0.15) is 11.1 Å². The van der Waals surface area contributed by atoms with E-state index < -0.39 is 0 Å². The Morgan fingerprint density at radius 2 is 2.33 bits per heavy atom. The second-order valence-electron chi connectivity index (χ2n) is 8.53. The van der Waals surface area contributed by atoms with Crippen molar-refractivity contribution in [2.24, 2.45) is 5.92 Å². The van der Waals surface area contributed by atoms with E-state index in [4.69, 9.17) is 4.74 Å². The van der Waals surface area contributed by atoms with E-state index in [1.165, 1.54) is 16.6 Å². The Morgan fingerprint density at radius 1 is 1.42 bits per heavy atom.